The molecule has 0 aliphatic heterocycles. The van der Waals surface area contributed by atoms with Gasteiger partial charge in [0.15, 0.2) is 11.7 Å². The smallest absolute Gasteiger partial charge is 0.251 e. The lowest BCUT2D eigenvalue weighted by atomic mass is 10.1. The number of aromatic amines is 1. The van der Waals surface area contributed by atoms with E-state index in [2.05, 4.69) is 31.1 Å². The van der Waals surface area contributed by atoms with E-state index in [0.717, 1.165) is 0 Å². The molecular formula is C10H11N7O2. The van der Waals surface area contributed by atoms with Crippen LogP contribution in [-0.2, 0) is 6.54 Å². The Morgan fingerprint density at radius 1 is 1.47 bits per heavy atom. The summed E-state index contributed by atoms with van der Waals surface area (Å²) in [6, 6.07) is 6.39. The Morgan fingerprint density at radius 2 is 2.26 bits per heavy atom. The summed E-state index contributed by atoms with van der Waals surface area (Å²) >= 11 is 0. The van der Waals surface area contributed by atoms with Crippen molar-refractivity contribution in [3.63, 3.8) is 0 Å². The molecule has 0 bridgehead atoms. The summed E-state index contributed by atoms with van der Waals surface area (Å²) in [7, 11) is 0. The summed E-state index contributed by atoms with van der Waals surface area (Å²) in [5.41, 5.74) is 6.29. The Kier molecular flexibility index (Phi) is 3.67. The van der Waals surface area contributed by atoms with Crippen molar-refractivity contribution in [3.05, 3.63) is 41.2 Å². The van der Waals surface area contributed by atoms with E-state index in [9.17, 15) is 4.79 Å². The maximum Gasteiger partial charge on any atom is 0.251 e. The first-order valence-corrected chi connectivity index (χ1v) is 5.29. The van der Waals surface area contributed by atoms with Crippen molar-refractivity contribution in [3.8, 4) is 0 Å². The summed E-state index contributed by atoms with van der Waals surface area (Å²) in [5.74, 6) is -0.00820. The Labute approximate surface area is 107 Å². The first-order chi connectivity index (χ1) is 9.20. The summed E-state index contributed by atoms with van der Waals surface area (Å²) in [5, 5.41) is 27.1. The molecule has 0 aliphatic rings. The molecule has 1 aromatic heterocycles. The lowest BCUT2D eigenvalue weighted by Crippen LogP contribution is -2.24. The molecular weight excluding hydrogens is 250 g/mol. The van der Waals surface area contributed by atoms with Crippen LogP contribution >= 0.6 is 0 Å². The number of amidine groups is 1. The highest BCUT2D eigenvalue weighted by atomic mass is 16.4. The van der Waals surface area contributed by atoms with Gasteiger partial charge in [0.2, 0.25) is 0 Å². The second-order valence-corrected chi connectivity index (χ2v) is 3.58. The number of oxime groups is 1. The van der Waals surface area contributed by atoms with Crippen LogP contribution in [0.3, 0.4) is 0 Å². The van der Waals surface area contributed by atoms with Crippen molar-refractivity contribution in [1.29, 1.82) is 0 Å². The van der Waals surface area contributed by atoms with Crippen LogP contribution in [-0.4, -0.2) is 37.6 Å². The van der Waals surface area contributed by atoms with E-state index in [-0.39, 0.29) is 18.3 Å². The minimum atomic E-state index is -0.322. The number of nitrogens with zero attached hydrogens (tertiary/aromatic N) is 4. The second kappa shape index (κ2) is 5.58. The zero-order chi connectivity index (χ0) is 13.7. The average molecular weight is 261 g/mol. The third-order valence-corrected chi connectivity index (χ3v) is 2.32. The number of aromatic nitrogens is 4. The van der Waals surface area contributed by atoms with Gasteiger partial charge in [0.05, 0.1) is 6.54 Å². The molecule has 0 fully saturated rings. The standard InChI is InChI=1S/C10H11N7O2/c11-9(15-19)6-2-1-3-7(4-6)10(18)12-5-8-13-16-17-14-8/h1-4,19H,5H2,(H2,11,15)(H,12,18)(H,13,14,16,17). The van der Waals surface area contributed by atoms with Crippen molar-refractivity contribution in [1.82, 2.24) is 25.9 Å². The zero-order valence-electron chi connectivity index (χ0n) is 9.74. The molecule has 1 heterocycles. The maximum atomic E-state index is 11.9. The number of hydrogen-bond acceptors (Lipinski definition) is 6. The number of tetrazole rings is 1. The number of nitrogens with two attached hydrogens (primary N) is 1. The molecule has 1 amide bonds. The lowest BCUT2D eigenvalue weighted by molar-refractivity contribution is 0.0950. The van der Waals surface area contributed by atoms with Crippen LogP contribution in [0.1, 0.15) is 21.7 Å². The number of rotatable bonds is 4. The molecule has 98 valence electrons. The molecule has 19 heavy (non-hydrogen) atoms. The van der Waals surface area contributed by atoms with Crippen LogP contribution in [0.25, 0.3) is 0 Å². The van der Waals surface area contributed by atoms with Crippen molar-refractivity contribution in [2.24, 2.45) is 10.9 Å². The van der Waals surface area contributed by atoms with Gasteiger partial charge in [-0.15, -0.1) is 10.2 Å². The molecule has 1 aromatic carbocycles. The maximum absolute atomic E-state index is 11.9. The molecule has 0 radical (unpaired) electrons. The number of benzene rings is 1. The third-order valence-electron chi connectivity index (χ3n) is 2.32. The van der Waals surface area contributed by atoms with Crippen LogP contribution in [0.5, 0.6) is 0 Å². The first kappa shape index (κ1) is 12.5. The molecule has 0 spiro atoms. The van der Waals surface area contributed by atoms with E-state index in [1.165, 1.54) is 6.07 Å². The Balaban J connectivity index is 2.07. The van der Waals surface area contributed by atoms with Gasteiger partial charge in [-0.2, -0.15) is 5.21 Å². The van der Waals surface area contributed by atoms with Gasteiger partial charge in [-0.05, 0) is 12.1 Å². The van der Waals surface area contributed by atoms with Gasteiger partial charge in [0, 0.05) is 11.1 Å². The van der Waals surface area contributed by atoms with E-state index in [4.69, 9.17) is 10.9 Å². The molecule has 0 unspecified atom stereocenters. The number of nitrogens with one attached hydrogen (secondary N) is 2. The fourth-order valence-corrected chi connectivity index (χ4v) is 1.40. The van der Waals surface area contributed by atoms with Crippen molar-refractivity contribution < 1.29 is 10.0 Å². The highest BCUT2D eigenvalue weighted by molar-refractivity contribution is 6.01. The molecule has 2 aromatic rings. The topological polar surface area (TPSA) is 142 Å². The number of amides is 1. The highest BCUT2D eigenvalue weighted by Crippen LogP contribution is 2.05. The van der Waals surface area contributed by atoms with E-state index in [1.807, 2.05) is 0 Å². The SMILES string of the molecule is NC(=NO)c1cccc(C(=O)NCc2nn[nH]n2)c1. The van der Waals surface area contributed by atoms with E-state index >= 15 is 0 Å². The number of hydrogen-bond donors (Lipinski definition) is 4. The monoisotopic (exact) mass is 261 g/mol. The molecule has 0 aliphatic carbocycles. The molecule has 0 saturated heterocycles. The Morgan fingerprint density at radius 3 is 2.95 bits per heavy atom. The Hall–Kier alpha value is -2.97. The van der Waals surface area contributed by atoms with Crippen LogP contribution in [0, 0.1) is 0 Å². The van der Waals surface area contributed by atoms with Crippen LogP contribution < -0.4 is 11.1 Å². The van der Waals surface area contributed by atoms with Gasteiger partial charge in [-0.25, -0.2) is 0 Å². The lowest BCUT2D eigenvalue weighted by Gasteiger charge is -2.04. The van der Waals surface area contributed by atoms with Crippen molar-refractivity contribution in [2.45, 2.75) is 6.54 Å². The molecule has 0 saturated carbocycles. The van der Waals surface area contributed by atoms with Crippen LogP contribution in [0.2, 0.25) is 0 Å². The van der Waals surface area contributed by atoms with Crippen LogP contribution in [0.15, 0.2) is 29.4 Å². The summed E-state index contributed by atoms with van der Waals surface area (Å²) in [4.78, 5) is 11.9. The number of H-pyrrole nitrogens is 1. The summed E-state index contributed by atoms with van der Waals surface area (Å²) in [6.07, 6.45) is 0. The number of carbonyl (C=O) groups excluding carboxylic acids is 1. The summed E-state index contributed by atoms with van der Waals surface area (Å²) in [6.45, 7) is 0.156. The quantitative estimate of drug-likeness (QED) is 0.246. The Bertz CT molecular complexity index is 594. The van der Waals surface area contributed by atoms with Gasteiger partial charge in [-0.3, -0.25) is 4.79 Å². The largest absolute Gasteiger partial charge is 0.409 e. The molecule has 5 N–H and O–H groups in total. The molecule has 2 rings (SSSR count). The predicted octanol–water partition coefficient (Wildman–Crippen LogP) is -0.776. The molecule has 9 heteroatoms. The van der Waals surface area contributed by atoms with Gasteiger partial charge in [0.1, 0.15) is 0 Å². The minimum Gasteiger partial charge on any atom is -0.409 e. The van der Waals surface area contributed by atoms with Crippen molar-refractivity contribution >= 4 is 11.7 Å². The molecule has 9 nitrogen and oxygen atoms in total. The van der Waals surface area contributed by atoms with Crippen LogP contribution in [0.4, 0.5) is 0 Å². The minimum absolute atomic E-state index is 0.0622. The fraction of sp³-hybridized carbons (Fsp3) is 0.100. The number of carbonyl (C=O) groups is 1. The normalized spacial score (nSPS) is 11.3. The van der Waals surface area contributed by atoms with Crippen molar-refractivity contribution in [2.75, 3.05) is 0 Å². The zero-order valence-corrected chi connectivity index (χ0v) is 9.74. The van der Waals surface area contributed by atoms with Gasteiger partial charge in [-0.1, -0.05) is 22.5 Å². The van der Waals surface area contributed by atoms with Gasteiger partial charge >= 0.3 is 0 Å². The third kappa shape index (κ3) is 3.03. The van der Waals surface area contributed by atoms with E-state index in [0.29, 0.717) is 17.0 Å². The van der Waals surface area contributed by atoms with E-state index in [1.54, 1.807) is 18.2 Å². The fourth-order valence-electron chi connectivity index (χ4n) is 1.40. The first-order valence-electron chi connectivity index (χ1n) is 5.29. The molecule has 0 atom stereocenters. The average Bonchev–Trinajstić information content (AvgIpc) is 2.97. The highest BCUT2D eigenvalue weighted by Gasteiger charge is 2.08. The predicted molar refractivity (Wildman–Crippen MR) is 64.3 cm³/mol. The van der Waals surface area contributed by atoms with Gasteiger partial charge < -0.3 is 16.3 Å². The van der Waals surface area contributed by atoms with Gasteiger partial charge in [0.25, 0.3) is 5.91 Å². The summed E-state index contributed by atoms with van der Waals surface area (Å²) < 4.78 is 0. The van der Waals surface area contributed by atoms with E-state index < -0.39 is 0 Å². The second-order valence-electron chi connectivity index (χ2n) is 3.58.